The molecule has 0 saturated heterocycles. The van der Waals surface area contributed by atoms with E-state index in [2.05, 4.69) is 20.4 Å². The molecule has 0 spiro atoms. The van der Waals surface area contributed by atoms with Gasteiger partial charge in [0.25, 0.3) is 0 Å². The average Bonchev–Trinajstić information content (AvgIpc) is 3.24. The molecule has 3 aromatic heterocycles. The van der Waals surface area contributed by atoms with Gasteiger partial charge in [-0.2, -0.15) is 14.7 Å². The Bertz CT molecular complexity index is 1280. The SMILES string of the molecule is COC(=O)Cc1nn(-c2cccc(F)c2)c2c1nnc1c(C(=O)OC)c(C)nn12. The number of hydrogen-bond donors (Lipinski definition) is 0. The molecule has 0 aliphatic carbocycles. The fraction of sp³-hybridized carbons (Fsp3) is 0.222. The summed E-state index contributed by atoms with van der Waals surface area (Å²) < 4.78 is 26.1. The Morgan fingerprint density at radius 2 is 1.93 bits per heavy atom. The summed E-state index contributed by atoms with van der Waals surface area (Å²) in [5, 5.41) is 17.0. The first-order valence-corrected chi connectivity index (χ1v) is 8.49. The molecule has 0 atom stereocenters. The third-order valence-electron chi connectivity index (χ3n) is 4.37. The van der Waals surface area contributed by atoms with E-state index in [1.165, 1.54) is 41.6 Å². The minimum atomic E-state index is -0.613. The van der Waals surface area contributed by atoms with Crippen LogP contribution in [0.25, 0.3) is 22.5 Å². The molecule has 0 aliphatic heterocycles. The maximum absolute atomic E-state index is 13.8. The lowest BCUT2D eigenvalue weighted by molar-refractivity contribution is -0.139. The van der Waals surface area contributed by atoms with Crippen LogP contribution >= 0.6 is 0 Å². The highest BCUT2D eigenvalue weighted by atomic mass is 19.1. The van der Waals surface area contributed by atoms with Crippen molar-refractivity contribution in [2.24, 2.45) is 0 Å². The van der Waals surface area contributed by atoms with Crippen LogP contribution in [0.4, 0.5) is 4.39 Å². The van der Waals surface area contributed by atoms with Gasteiger partial charge < -0.3 is 9.47 Å². The largest absolute Gasteiger partial charge is 0.469 e. The molecule has 0 saturated carbocycles. The minimum Gasteiger partial charge on any atom is -0.469 e. The Hall–Kier alpha value is -3.89. The molecule has 4 aromatic rings. The monoisotopic (exact) mass is 398 g/mol. The van der Waals surface area contributed by atoms with Gasteiger partial charge in [0.1, 0.15) is 17.1 Å². The molecule has 148 valence electrons. The Morgan fingerprint density at radius 3 is 2.62 bits per heavy atom. The molecule has 0 radical (unpaired) electrons. The summed E-state index contributed by atoms with van der Waals surface area (Å²) in [6.07, 6.45) is -0.167. The number of nitrogens with zero attached hydrogens (tertiary/aromatic N) is 6. The predicted molar refractivity (Wildman–Crippen MR) is 97.2 cm³/mol. The highest BCUT2D eigenvalue weighted by Gasteiger charge is 2.25. The van der Waals surface area contributed by atoms with Gasteiger partial charge in [-0.25, -0.2) is 13.9 Å². The maximum atomic E-state index is 13.8. The van der Waals surface area contributed by atoms with Crippen LogP contribution in [0.3, 0.4) is 0 Å². The summed E-state index contributed by atoms with van der Waals surface area (Å²) in [6.45, 7) is 1.63. The number of hydrogen-bond acceptors (Lipinski definition) is 8. The van der Waals surface area contributed by atoms with Crippen LogP contribution in [-0.4, -0.2) is 55.8 Å². The number of fused-ring (bicyclic) bond motifs is 3. The second-order valence-electron chi connectivity index (χ2n) is 6.15. The smallest absolute Gasteiger partial charge is 0.343 e. The molecular formula is C18H15FN6O4. The first kappa shape index (κ1) is 18.5. The molecule has 10 nitrogen and oxygen atoms in total. The molecule has 0 aliphatic rings. The van der Waals surface area contributed by atoms with E-state index in [4.69, 9.17) is 9.47 Å². The van der Waals surface area contributed by atoms with Gasteiger partial charge in [0, 0.05) is 0 Å². The zero-order chi connectivity index (χ0) is 20.7. The van der Waals surface area contributed by atoms with Crippen molar-refractivity contribution >= 4 is 28.7 Å². The van der Waals surface area contributed by atoms with E-state index >= 15 is 0 Å². The number of ether oxygens (including phenoxy) is 2. The van der Waals surface area contributed by atoms with Gasteiger partial charge in [0.05, 0.1) is 32.0 Å². The molecule has 0 unspecified atom stereocenters. The fourth-order valence-electron chi connectivity index (χ4n) is 3.05. The van der Waals surface area contributed by atoms with E-state index in [1.54, 1.807) is 13.0 Å². The summed E-state index contributed by atoms with van der Waals surface area (Å²) in [5.41, 5.74) is 1.93. The molecule has 29 heavy (non-hydrogen) atoms. The number of benzene rings is 1. The normalized spacial score (nSPS) is 11.2. The zero-order valence-corrected chi connectivity index (χ0v) is 15.7. The van der Waals surface area contributed by atoms with Crippen molar-refractivity contribution in [1.82, 2.24) is 29.6 Å². The molecule has 4 rings (SSSR count). The lowest BCUT2D eigenvalue weighted by Gasteiger charge is -2.04. The molecule has 0 amide bonds. The van der Waals surface area contributed by atoms with Crippen LogP contribution in [0.1, 0.15) is 21.7 Å². The van der Waals surface area contributed by atoms with E-state index in [9.17, 15) is 14.0 Å². The Balaban J connectivity index is 2.08. The molecule has 3 heterocycles. The van der Waals surface area contributed by atoms with Gasteiger partial charge in [-0.05, 0) is 25.1 Å². The molecule has 0 bridgehead atoms. The van der Waals surface area contributed by atoms with Crippen LogP contribution < -0.4 is 0 Å². The first-order chi connectivity index (χ1) is 13.9. The Labute approximate surface area is 162 Å². The Morgan fingerprint density at radius 1 is 1.14 bits per heavy atom. The number of methoxy groups -OCH3 is 2. The topological polar surface area (TPSA) is 114 Å². The van der Waals surface area contributed by atoms with Gasteiger partial charge >= 0.3 is 11.9 Å². The summed E-state index contributed by atoms with van der Waals surface area (Å²) >= 11 is 0. The van der Waals surface area contributed by atoms with Crippen molar-refractivity contribution in [3.8, 4) is 5.69 Å². The summed E-state index contributed by atoms with van der Waals surface area (Å²) in [4.78, 5) is 24.0. The number of carbonyl (C=O) groups excluding carboxylic acids is 2. The second-order valence-corrected chi connectivity index (χ2v) is 6.15. The van der Waals surface area contributed by atoms with Crippen LogP contribution in [0.15, 0.2) is 24.3 Å². The van der Waals surface area contributed by atoms with Gasteiger partial charge in [0.2, 0.25) is 0 Å². The zero-order valence-electron chi connectivity index (χ0n) is 15.7. The molecule has 0 fully saturated rings. The van der Waals surface area contributed by atoms with Gasteiger partial charge in [-0.15, -0.1) is 10.2 Å². The fourth-order valence-corrected chi connectivity index (χ4v) is 3.05. The standard InChI is InChI=1S/C18H15FN6O4/c1-9-14(18(27)29-3)16-21-20-15-12(8-13(26)28-2)23-24(17(15)25(16)22-9)11-6-4-5-10(19)7-11/h4-7H,8H2,1-3H3. The number of rotatable bonds is 4. The summed E-state index contributed by atoms with van der Waals surface area (Å²) in [6, 6.07) is 5.74. The van der Waals surface area contributed by atoms with E-state index in [0.29, 0.717) is 17.0 Å². The second kappa shape index (κ2) is 6.93. The van der Waals surface area contributed by atoms with Crippen LogP contribution in [-0.2, 0) is 20.7 Å². The van der Waals surface area contributed by atoms with Crippen LogP contribution in [0, 0.1) is 12.7 Å². The Kier molecular flexibility index (Phi) is 4.41. The highest BCUT2D eigenvalue weighted by molar-refractivity contribution is 5.98. The van der Waals surface area contributed by atoms with Gasteiger partial charge in [-0.3, -0.25) is 4.79 Å². The average molecular weight is 398 g/mol. The summed E-state index contributed by atoms with van der Waals surface area (Å²) in [5.74, 6) is -1.60. The number of carbonyl (C=O) groups is 2. The van der Waals surface area contributed by atoms with E-state index < -0.39 is 17.8 Å². The maximum Gasteiger partial charge on any atom is 0.343 e. The van der Waals surface area contributed by atoms with Crippen molar-refractivity contribution in [2.75, 3.05) is 14.2 Å². The quantitative estimate of drug-likeness (QED) is 0.474. The third kappa shape index (κ3) is 2.96. The predicted octanol–water partition coefficient (Wildman–Crippen LogP) is 1.41. The van der Waals surface area contributed by atoms with E-state index in [1.807, 2.05) is 0 Å². The molecule has 11 heteroatoms. The molecular weight excluding hydrogens is 383 g/mol. The minimum absolute atomic E-state index is 0.156. The number of halogens is 1. The lowest BCUT2D eigenvalue weighted by atomic mass is 10.2. The highest BCUT2D eigenvalue weighted by Crippen LogP contribution is 2.24. The van der Waals surface area contributed by atoms with E-state index in [-0.39, 0.29) is 28.8 Å². The van der Waals surface area contributed by atoms with Crippen molar-refractivity contribution in [2.45, 2.75) is 13.3 Å². The first-order valence-electron chi connectivity index (χ1n) is 8.49. The van der Waals surface area contributed by atoms with Crippen molar-refractivity contribution in [3.63, 3.8) is 0 Å². The van der Waals surface area contributed by atoms with Crippen molar-refractivity contribution in [1.29, 1.82) is 0 Å². The van der Waals surface area contributed by atoms with Gasteiger partial charge in [-0.1, -0.05) is 6.07 Å². The van der Waals surface area contributed by atoms with Crippen molar-refractivity contribution in [3.05, 3.63) is 47.0 Å². The van der Waals surface area contributed by atoms with Crippen molar-refractivity contribution < 1.29 is 23.5 Å². The number of aryl methyl sites for hydroxylation is 1. The summed E-state index contributed by atoms with van der Waals surface area (Å²) in [7, 11) is 2.51. The van der Waals surface area contributed by atoms with Gasteiger partial charge in [0.15, 0.2) is 16.8 Å². The third-order valence-corrected chi connectivity index (χ3v) is 4.37. The molecule has 1 aromatic carbocycles. The number of esters is 2. The number of aromatic nitrogens is 6. The van der Waals surface area contributed by atoms with Crippen LogP contribution in [0.5, 0.6) is 0 Å². The lowest BCUT2D eigenvalue weighted by Crippen LogP contribution is -2.06. The molecule has 0 N–H and O–H groups in total. The van der Waals surface area contributed by atoms with Crippen LogP contribution in [0.2, 0.25) is 0 Å². The van der Waals surface area contributed by atoms with E-state index in [0.717, 1.165) is 0 Å².